The molecule has 0 aromatic carbocycles. The Bertz CT molecular complexity index is 556. The lowest BCUT2D eigenvalue weighted by Crippen LogP contribution is -2.40. The zero-order valence-corrected chi connectivity index (χ0v) is 12.1. The Balaban J connectivity index is 1.63. The molecule has 20 heavy (non-hydrogen) atoms. The molecule has 1 atom stereocenters. The number of likely N-dealkylation sites (tertiary alicyclic amines) is 1. The van der Waals surface area contributed by atoms with E-state index in [1.165, 1.54) is 23.3 Å². The van der Waals surface area contributed by atoms with Gasteiger partial charge in [-0.25, -0.2) is 4.98 Å². The fraction of sp³-hybridized carbons (Fsp3) is 0.400. The van der Waals surface area contributed by atoms with Crippen LogP contribution in [-0.2, 0) is 6.42 Å². The van der Waals surface area contributed by atoms with Crippen molar-refractivity contribution in [3.05, 3.63) is 46.7 Å². The quantitative estimate of drug-likeness (QED) is 0.872. The number of hydrogen-bond acceptors (Lipinski definition) is 4. The van der Waals surface area contributed by atoms with E-state index in [0.29, 0.717) is 11.6 Å². The molecule has 1 aliphatic rings. The maximum absolute atomic E-state index is 12.3. The van der Waals surface area contributed by atoms with Crippen molar-refractivity contribution < 1.29 is 4.79 Å². The van der Waals surface area contributed by atoms with E-state index in [4.69, 9.17) is 0 Å². The topological polar surface area (TPSA) is 46.1 Å². The lowest BCUT2D eigenvalue weighted by atomic mass is 9.92. The Labute approximate surface area is 122 Å². The van der Waals surface area contributed by atoms with E-state index < -0.39 is 0 Å². The maximum atomic E-state index is 12.3. The smallest absolute Gasteiger partial charge is 0.273 e. The molecule has 1 amide bonds. The highest BCUT2D eigenvalue weighted by molar-refractivity contribution is 7.07. The summed E-state index contributed by atoms with van der Waals surface area (Å²) in [5, 5.41) is 1.83. The van der Waals surface area contributed by atoms with Crippen molar-refractivity contribution in [3.8, 4) is 0 Å². The summed E-state index contributed by atoms with van der Waals surface area (Å²) in [6.45, 7) is 1.67. The lowest BCUT2D eigenvalue weighted by Gasteiger charge is -2.32. The second-order valence-electron chi connectivity index (χ2n) is 5.20. The number of piperidine rings is 1. The number of amides is 1. The molecule has 0 radical (unpaired) electrons. The highest BCUT2D eigenvalue weighted by atomic mass is 32.1. The molecule has 5 heteroatoms. The van der Waals surface area contributed by atoms with Gasteiger partial charge in [0.15, 0.2) is 0 Å². The summed E-state index contributed by atoms with van der Waals surface area (Å²) in [4.78, 5) is 22.5. The zero-order chi connectivity index (χ0) is 13.8. The third kappa shape index (κ3) is 3.04. The summed E-state index contributed by atoms with van der Waals surface area (Å²) in [5.74, 6) is 0.595. The van der Waals surface area contributed by atoms with E-state index in [-0.39, 0.29) is 5.91 Å². The van der Waals surface area contributed by atoms with Gasteiger partial charge in [-0.1, -0.05) is 6.07 Å². The SMILES string of the molecule is O=C(c1cscn1)N1CCCC(Cc2cccnc2)C1. The molecular weight excluding hydrogens is 270 g/mol. The third-order valence-electron chi connectivity index (χ3n) is 3.70. The standard InChI is InChI=1S/C15H17N3OS/c19-15(14-10-20-11-17-14)18-6-2-4-13(9-18)7-12-3-1-5-16-8-12/h1,3,5,8,10-11,13H,2,4,6-7,9H2. The van der Waals surface area contributed by atoms with E-state index >= 15 is 0 Å². The average molecular weight is 287 g/mol. The van der Waals surface area contributed by atoms with Crippen molar-refractivity contribution in [2.24, 2.45) is 5.92 Å². The van der Waals surface area contributed by atoms with Crippen molar-refractivity contribution >= 4 is 17.2 Å². The first-order chi connectivity index (χ1) is 9.83. The normalized spacial score (nSPS) is 19.0. The molecule has 104 valence electrons. The predicted molar refractivity (Wildman–Crippen MR) is 78.7 cm³/mol. The molecule has 1 unspecified atom stereocenters. The third-order valence-corrected chi connectivity index (χ3v) is 4.29. The van der Waals surface area contributed by atoms with E-state index in [9.17, 15) is 4.79 Å². The van der Waals surface area contributed by atoms with Crippen LogP contribution in [0.15, 0.2) is 35.4 Å². The minimum atomic E-state index is 0.0714. The largest absolute Gasteiger partial charge is 0.337 e. The van der Waals surface area contributed by atoms with Gasteiger partial charge in [-0.15, -0.1) is 11.3 Å². The lowest BCUT2D eigenvalue weighted by molar-refractivity contribution is 0.0668. The minimum Gasteiger partial charge on any atom is -0.337 e. The zero-order valence-electron chi connectivity index (χ0n) is 11.2. The van der Waals surface area contributed by atoms with Crippen LogP contribution >= 0.6 is 11.3 Å². The van der Waals surface area contributed by atoms with Crippen LogP contribution in [0.5, 0.6) is 0 Å². The average Bonchev–Trinajstić information content (AvgIpc) is 3.02. The van der Waals surface area contributed by atoms with Crippen LogP contribution in [-0.4, -0.2) is 33.9 Å². The number of thiazole rings is 1. The van der Waals surface area contributed by atoms with Gasteiger partial charge >= 0.3 is 0 Å². The molecule has 3 heterocycles. The molecule has 4 nitrogen and oxygen atoms in total. The number of carbonyl (C=O) groups is 1. The van der Waals surface area contributed by atoms with Gasteiger partial charge in [-0.05, 0) is 36.8 Å². The molecule has 2 aromatic heterocycles. The molecular formula is C15H17N3OS. The van der Waals surface area contributed by atoms with Crippen LogP contribution in [0, 0.1) is 5.92 Å². The number of hydrogen-bond donors (Lipinski definition) is 0. The molecule has 0 N–H and O–H groups in total. The molecule has 0 aliphatic carbocycles. The second-order valence-corrected chi connectivity index (χ2v) is 5.92. The summed E-state index contributed by atoms with van der Waals surface area (Å²) in [6, 6.07) is 4.07. The number of pyridine rings is 1. The number of nitrogens with zero attached hydrogens (tertiary/aromatic N) is 3. The summed E-state index contributed by atoms with van der Waals surface area (Å²) in [6.07, 6.45) is 6.95. The molecule has 1 saturated heterocycles. The predicted octanol–water partition coefficient (Wildman–Crippen LogP) is 2.63. The maximum Gasteiger partial charge on any atom is 0.273 e. The molecule has 0 saturated carbocycles. The van der Waals surface area contributed by atoms with E-state index in [2.05, 4.69) is 16.0 Å². The van der Waals surface area contributed by atoms with Crippen LogP contribution in [0.1, 0.15) is 28.9 Å². The van der Waals surface area contributed by atoms with Crippen LogP contribution < -0.4 is 0 Å². The highest BCUT2D eigenvalue weighted by Crippen LogP contribution is 2.22. The van der Waals surface area contributed by atoms with Crippen molar-refractivity contribution in [2.75, 3.05) is 13.1 Å². The fourth-order valence-corrected chi connectivity index (χ4v) is 3.27. The Morgan fingerprint density at radius 3 is 3.20 bits per heavy atom. The van der Waals surface area contributed by atoms with Crippen molar-refractivity contribution in [2.45, 2.75) is 19.3 Å². The molecule has 0 spiro atoms. The molecule has 3 rings (SSSR count). The van der Waals surface area contributed by atoms with Crippen molar-refractivity contribution in [1.82, 2.24) is 14.9 Å². The van der Waals surface area contributed by atoms with Crippen molar-refractivity contribution in [1.29, 1.82) is 0 Å². The van der Waals surface area contributed by atoms with Crippen LogP contribution in [0.2, 0.25) is 0 Å². The van der Waals surface area contributed by atoms with Gasteiger partial charge in [0.25, 0.3) is 5.91 Å². The first-order valence-corrected chi connectivity index (χ1v) is 7.83. The van der Waals surface area contributed by atoms with Gasteiger partial charge in [0.1, 0.15) is 5.69 Å². The molecule has 1 fully saturated rings. The first-order valence-electron chi connectivity index (χ1n) is 6.89. The highest BCUT2D eigenvalue weighted by Gasteiger charge is 2.25. The van der Waals surface area contributed by atoms with Crippen LogP contribution in [0.4, 0.5) is 0 Å². The van der Waals surface area contributed by atoms with Crippen LogP contribution in [0.3, 0.4) is 0 Å². The van der Waals surface area contributed by atoms with Gasteiger partial charge in [-0.3, -0.25) is 9.78 Å². The molecule has 1 aliphatic heterocycles. The van der Waals surface area contributed by atoms with Crippen molar-refractivity contribution in [3.63, 3.8) is 0 Å². The van der Waals surface area contributed by atoms with E-state index in [0.717, 1.165) is 25.9 Å². The minimum absolute atomic E-state index is 0.0714. The monoisotopic (exact) mass is 287 g/mol. The van der Waals surface area contributed by atoms with Gasteiger partial charge in [0.2, 0.25) is 0 Å². The summed E-state index contributed by atoms with van der Waals surface area (Å²) >= 11 is 1.47. The Kier molecular flexibility index (Phi) is 4.06. The Morgan fingerprint density at radius 1 is 1.50 bits per heavy atom. The number of aromatic nitrogens is 2. The Morgan fingerprint density at radius 2 is 2.45 bits per heavy atom. The van der Waals surface area contributed by atoms with E-state index in [1.807, 2.05) is 22.5 Å². The molecule has 0 bridgehead atoms. The Hall–Kier alpha value is -1.75. The summed E-state index contributed by atoms with van der Waals surface area (Å²) < 4.78 is 0. The first kappa shape index (κ1) is 13.2. The van der Waals surface area contributed by atoms with Gasteiger partial charge in [-0.2, -0.15) is 0 Å². The summed E-state index contributed by atoms with van der Waals surface area (Å²) in [7, 11) is 0. The number of carbonyl (C=O) groups excluding carboxylic acids is 1. The fourth-order valence-electron chi connectivity index (χ4n) is 2.75. The van der Waals surface area contributed by atoms with Gasteiger partial charge < -0.3 is 4.90 Å². The van der Waals surface area contributed by atoms with Gasteiger partial charge in [0, 0.05) is 30.9 Å². The summed E-state index contributed by atoms with van der Waals surface area (Å²) in [5.41, 5.74) is 3.54. The molecule has 2 aromatic rings. The van der Waals surface area contributed by atoms with E-state index in [1.54, 1.807) is 11.7 Å². The number of rotatable bonds is 3. The second kappa shape index (κ2) is 6.13. The van der Waals surface area contributed by atoms with Crippen LogP contribution in [0.25, 0.3) is 0 Å². The van der Waals surface area contributed by atoms with Gasteiger partial charge in [0.05, 0.1) is 5.51 Å².